The van der Waals surface area contributed by atoms with Crippen LogP contribution in [0.5, 0.6) is 0 Å². The molecule has 0 aliphatic carbocycles. The molecule has 2 heterocycles. The Balaban J connectivity index is 1.77. The van der Waals surface area contributed by atoms with Crippen molar-refractivity contribution in [2.24, 2.45) is 0 Å². The van der Waals surface area contributed by atoms with Crippen LogP contribution in [0.3, 0.4) is 0 Å². The van der Waals surface area contributed by atoms with Gasteiger partial charge >= 0.3 is 0 Å². The molecule has 2 aromatic heterocycles. The normalized spacial score (nSPS) is 12.7. The van der Waals surface area contributed by atoms with Gasteiger partial charge < -0.3 is 9.88 Å². The molecular formula is C18H23N5. The zero-order valence-corrected chi connectivity index (χ0v) is 13.8. The van der Waals surface area contributed by atoms with Crippen molar-refractivity contribution in [1.82, 2.24) is 24.6 Å². The summed E-state index contributed by atoms with van der Waals surface area (Å²) in [6.07, 6.45) is 7.66. The van der Waals surface area contributed by atoms with Crippen molar-refractivity contribution in [3.8, 4) is 5.69 Å². The van der Waals surface area contributed by atoms with E-state index in [9.17, 15) is 0 Å². The Morgan fingerprint density at radius 2 is 1.87 bits per heavy atom. The van der Waals surface area contributed by atoms with Crippen LogP contribution in [0.1, 0.15) is 44.2 Å². The summed E-state index contributed by atoms with van der Waals surface area (Å²) in [4.78, 5) is 4.46. The average molecular weight is 309 g/mol. The van der Waals surface area contributed by atoms with E-state index in [1.807, 2.05) is 35.4 Å². The highest BCUT2D eigenvalue weighted by molar-refractivity contribution is 5.42. The molecule has 1 aromatic carbocycles. The molecule has 120 valence electrons. The van der Waals surface area contributed by atoms with E-state index in [1.54, 1.807) is 6.20 Å². The lowest BCUT2D eigenvalue weighted by Gasteiger charge is -2.19. The highest BCUT2D eigenvalue weighted by Crippen LogP contribution is 2.21. The molecule has 0 amide bonds. The minimum Gasteiger partial charge on any atom is -0.331 e. The van der Waals surface area contributed by atoms with Crippen molar-refractivity contribution in [1.29, 1.82) is 0 Å². The third-order valence-corrected chi connectivity index (χ3v) is 4.03. The SMILES string of the molecule is CC(C)n1ccnc1CN[C@@H](C)c1ccccc1-n1cccn1. The Kier molecular flexibility index (Phi) is 4.57. The van der Waals surface area contributed by atoms with Crippen LogP contribution in [-0.4, -0.2) is 19.3 Å². The highest BCUT2D eigenvalue weighted by atomic mass is 15.3. The summed E-state index contributed by atoms with van der Waals surface area (Å²) in [7, 11) is 0. The van der Waals surface area contributed by atoms with E-state index < -0.39 is 0 Å². The number of hydrogen-bond acceptors (Lipinski definition) is 3. The lowest BCUT2D eigenvalue weighted by Crippen LogP contribution is -2.22. The molecule has 0 saturated carbocycles. The maximum atomic E-state index is 4.46. The van der Waals surface area contributed by atoms with Gasteiger partial charge in [0.2, 0.25) is 0 Å². The average Bonchev–Trinajstić information content (AvgIpc) is 3.23. The van der Waals surface area contributed by atoms with Crippen LogP contribution in [0.2, 0.25) is 0 Å². The van der Waals surface area contributed by atoms with Gasteiger partial charge in [-0.2, -0.15) is 5.10 Å². The number of benzene rings is 1. The lowest BCUT2D eigenvalue weighted by atomic mass is 10.1. The van der Waals surface area contributed by atoms with E-state index in [1.165, 1.54) is 5.56 Å². The monoisotopic (exact) mass is 309 g/mol. The number of hydrogen-bond donors (Lipinski definition) is 1. The molecule has 23 heavy (non-hydrogen) atoms. The van der Waals surface area contributed by atoms with Gasteiger partial charge in [0.25, 0.3) is 0 Å². The number of nitrogens with one attached hydrogen (secondary N) is 1. The predicted octanol–water partition coefficient (Wildman–Crippen LogP) is 3.50. The summed E-state index contributed by atoms with van der Waals surface area (Å²) in [5.41, 5.74) is 2.32. The van der Waals surface area contributed by atoms with Gasteiger partial charge in [-0.25, -0.2) is 9.67 Å². The standard InChI is InChI=1S/C18H23N5/c1-14(2)22-12-10-19-18(22)13-20-15(3)16-7-4-5-8-17(16)23-11-6-9-21-23/h4-12,14-15,20H,13H2,1-3H3/t15-/m0/s1. The van der Waals surface area contributed by atoms with Crippen LogP contribution in [0.4, 0.5) is 0 Å². The van der Waals surface area contributed by atoms with Crippen molar-refractivity contribution in [3.63, 3.8) is 0 Å². The second-order valence-electron chi connectivity index (χ2n) is 5.96. The van der Waals surface area contributed by atoms with Gasteiger partial charge in [0.15, 0.2) is 0 Å². The summed E-state index contributed by atoms with van der Waals surface area (Å²) < 4.78 is 4.10. The summed E-state index contributed by atoms with van der Waals surface area (Å²) in [5, 5.41) is 7.92. The fourth-order valence-corrected chi connectivity index (χ4v) is 2.78. The van der Waals surface area contributed by atoms with Gasteiger partial charge in [-0.1, -0.05) is 18.2 Å². The number of para-hydroxylation sites is 1. The van der Waals surface area contributed by atoms with Crippen LogP contribution in [0, 0.1) is 0 Å². The Morgan fingerprint density at radius 1 is 1.04 bits per heavy atom. The molecule has 0 saturated heterocycles. The van der Waals surface area contributed by atoms with Crippen molar-refractivity contribution in [2.45, 2.75) is 39.4 Å². The van der Waals surface area contributed by atoms with E-state index in [0.29, 0.717) is 6.04 Å². The zero-order chi connectivity index (χ0) is 16.2. The first-order chi connectivity index (χ1) is 11.2. The molecule has 0 aliphatic heterocycles. The minimum absolute atomic E-state index is 0.202. The molecule has 5 nitrogen and oxygen atoms in total. The van der Waals surface area contributed by atoms with Crippen molar-refractivity contribution in [3.05, 3.63) is 66.5 Å². The van der Waals surface area contributed by atoms with Gasteiger partial charge in [0, 0.05) is 36.9 Å². The molecule has 0 fully saturated rings. The second kappa shape index (κ2) is 6.79. The highest BCUT2D eigenvalue weighted by Gasteiger charge is 2.13. The van der Waals surface area contributed by atoms with Crippen LogP contribution in [-0.2, 0) is 6.54 Å². The van der Waals surface area contributed by atoms with E-state index in [0.717, 1.165) is 18.1 Å². The number of imidazole rings is 1. The molecule has 0 radical (unpaired) electrons. The van der Waals surface area contributed by atoms with E-state index in [-0.39, 0.29) is 6.04 Å². The Hall–Kier alpha value is -2.40. The molecular weight excluding hydrogens is 286 g/mol. The van der Waals surface area contributed by atoms with Gasteiger partial charge in [-0.05, 0) is 38.5 Å². The summed E-state index contributed by atoms with van der Waals surface area (Å²) in [5.74, 6) is 1.06. The fraction of sp³-hybridized carbons (Fsp3) is 0.333. The second-order valence-corrected chi connectivity index (χ2v) is 5.96. The van der Waals surface area contributed by atoms with Crippen molar-refractivity contribution in [2.75, 3.05) is 0 Å². The third kappa shape index (κ3) is 3.35. The lowest BCUT2D eigenvalue weighted by molar-refractivity contribution is 0.508. The molecule has 5 heteroatoms. The Labute approximate surface area is 137 Å². The zero-order valence-electron chi connectivity index (χ0n) is 13.8. The predicted molar refractivity (Wildman–Crippen MR) is 91.4 cm³/mol. The van der Waals surface area contributed by atoms with Crippen molar-refractivity contribution < 1.29 is 0 Å². The largest absolute Gasteiger partial charge is 0.331 e. The quantitative estimate of drug-likeness (QED) is 0.758. The van der Waals surface area contributed by atoms with Gasteiger partial charge in [-0.3, -0.25) is 0 Å². The van der Waals surface area contributed by atoms with Crippen LogP contribution in [0.15, 0.2) is 55.1 Å². The Morgan fingerprint density at radius 3 is 2.61 bits per heavy atom. The van der Waals surface area contributed by atoms with Crippen LogP contribution < -0.4 is 5.32 Å². The maximum absolute atomic E-state index is 4.46. The first-order valence-corrected chi connectivity index (χ1v) is 8.01. The van der Waals surface area contributed by atoms with E-state index in [4.69, 9.17) is 0 Å². The smallest absolute Gasteiger partial charge is 0.122 e. The van der Waals surface area contributed by atoms with E-state index in [2.05, 4.69) is 58.9 Å². The molecule has 3 aromatic rings. The molecule has 1 N–H and O–H groups in total. The first-order valence-electron chi connectivity index (χ1n) is 8.01. The third-order valence-electron chi connectivity index (χ3n) is 4.03. The molecule has 1 atom stereocenters. The van der Waals surface area contributed by atoms with Crippen LogP contribution in [0.25, 0.3) is 5.69 Å². The summed E-state index contributed by atoms with van der Waals surface area (Å²) >= 11 is 0. The van der Waals surface area contributed by atoms with Gasteiger partial charge in [-0.15, -0.1) is 0 Å². The van der Waals surface area contributed by atoms with Crippen LogP contribution >= 0.6 is 0 Å². The van der Waals surface area contributed by atoms with Crippen molar-refractivity contribution >= 4 is 0 Å². The first kappa shape index (κ1) is 15.5. The van der Waals surface area contributed by atoms with Gasteiger partial charge in [0.1, 0.15) is 5.82 Å². The topological polar surface area (TPSA) is 47.7 Å². The van der Waals surface area contributed by atoms with E-state index >= 15 is 0 Å². The number of aromatic nitrogens is 4. The molecule has 0 spiro atoms. The number of nitrogens with zero attached hydrogens (tertiary/aromatic N) is 4. The minimum atomic E-state index is 0.202. The summed E-state index contributed by atoms with van der Waals surface area (Å²) in [6.45, 7) is 7.24. The molecule has 0 bridgehead atoms. The molecule has 0 unspecified atom stereocenters. The number of rotatable bonds is 6. The fourth-order valence-electron chi connectivity index (χ4n) is 2.78. The van der Waals surface area contributed by atoms with Gasteiger partial charge in [0.05, 0.1) is 12.2 Å². The summed E-state index contributed by atoms with van der Waals surface area (Å²) in [6, 6.07) is 10.9. The maximum Gasteiger partial charge on any atom is 0.122 e. The molecule has 0 aliphatic rings. The molecule has 3 rings (SSSR count). The Bertz CT molecular complexity index is 742.